The second-order valence-electron chi connectivity index (χ2n) is 6.18. The van der Waals surface area contributed by atoms with E-state index in [4.69, 9.17) is 0 Å². The second-order valence-corrected chi connectivity index (χ2v) is 6.18. The monoisotopic (exact) mass is 342 g/mol. The maximum absolute atomic E-state index is 12.9. The van der Waals surface area contributed by atoms with E-state index in [1.54, 1.807) is 19.2 Å². The molecule has 1 atom stereocenters. The summed E-state index contributed by atoms with van der Waals surface area (Å²) in [6.45, 7) is 4.48. The molecule has 2 rings (SSSR count). The average Bonchev–Trinajstić information content (AvgIpc) is 2.63. The molecule has 4 nitrogen and oxygen atoms in total. The minimum atomic E-state index is -0.221. The number of benzene rings is 2. The van der Waals surface area contributed by atoms with Crippen molar-refractivity contribution < 1.29 is 4.39 Å². The molecule has 0 aliphatic rings. The Morgan fingerprint density at radius 1 is 1.04 bits per heavy atom. The minimum Gasteiger partial charge on any atom is -0.355 e. The van der Waals surface area contributed by atoms with E-state index in [9.17, 15) is 4.39 Å². The molecule has 0 radical (unpaired) electrons. The lowest BCUT2D eigenvalue weighted by Crippen LogP contribution is -2.44. The van der Waals surface area contributed by atoms with Gasteiger partial charge in [0.2, 0.25) is 0 Å². The van der Waals surface area contributed by atoms with E-state index in [2.05, 4.69) is 58.8 Å². The van der Waals surface area contributed by atoms with Crippen LogP contribution in [0.15, 0.2) is 59.6 Å². The highest BCUT2D eigenvalue weighted by atomic mass is 19.1. The smallest absolute Gasteiger partial charge is 0.191 e. The molecule has 0 bridgehead atoms. The molecule has 0 amide bonds. The third kappa shape index (κ3) is 6.55. The van der Waals surface area contributed by atoms with Crippen LogP contribution in [0.5, 0.6) is 0 Å². The van der Waals surface area contributed by atoms with Crippen LogP contribution in [0, 0.1) is 5.82 Å². The summed E-state index contributed by atoms with van der Waals surface area (Å²) >= 11 is 0. The normalized spacial score (nSPS) is 12.9. The number of nitrogens with one attached hydrogen (secondary N) is 2. The van der Waals surface area contributed by atoms with Gasteiger partial charge in [0.15, 0.2) is 5.96 Å². The molecule has 0 spiro atoms. The Hall–Kier alpha value is -2.40. The van der Waals surface area contributed by atoms with Crippen molar-refractivity contribution in [3.8, 4) is 0 Å². The van der Waals surface area contributed by atoms with Gasteiger partial charge < -0.3 is 10.6 Å². The molecular formula is C20H27FN4. The third-order valence-electron chi connectivity index (χ3n) is 4.19. The van der Waals surface area contributed by atoms with E-state index in [-0.39, 0.29) is 5.82 Å². The van der Waals surface area contributed by atoms with Crippen LogP contribution < -0.4 is 10.6 Å². The summed E-state index contributed by atoms with van der Waals surface area (Å²) in [5.74, 6) is 0.519. The lowest BCUT2D eigenvalue weighted by molar-refractivity contribution is 0.249. The van der Waals surface area contributed by atoms with Crippen LogP contribution in [-0.2, 0) is 13.1 Å². The Bertz CT molecular complexity index is 655. The SMILES string of the molecule is CN=C(NCc1ccc(F)cc1)NCC(C)N(C)Cc1ccccc1. The fourth-order valence-corrected chi connectivity index (χ4v) is 2.44. The van der Waals surface area contributed by atoms with Crippen LogP contribution in [-0.4, -0.2) is 37.5 Å². The zero-order chi connectivity index (χ0) is 18.1. The van der Waals surface area contributed by atoms with Crippen molar-refractivity contribution in [2.75, 3.05) is 20.6 Å². The molecule has 2 aromatic rings. The van der Waals surface area contributed by atoms with E-state index in [0.717, 1.165) is 24.6 Å². The first kappa shape index (κ1) is 18.9. The van der Waals surface area contributed by atoms with Crippen molar-refractivity contribution in [3.63, 3.8) is 0 Å². The van der Waals surface area contributed by atoms with Crippen LogP contribution >= 0.6 is 0 Å². The van der Waals surface area contributed by atoms with Gasteiger partial charge in [0.05, 0.1) is 0 Å². The molecule has 0 saturated carbocycles. The Kier molecular flexibility index (Phi) is 7.41. The molecule has 134 valence electrons. The fraction of sp³-hybridized carbons (Fsp3) is 0.350. The number of likely N-dealkylation sites (N-methyl/N-ethyl adjacent to an activating group) is 1. The van der Waals surface area contributed by atoms with Crippen molar-refractivity contribution in [1.29, 1.82) is 0 Å². The van der Waals surface area contributed by atoms with Crippen LogP contribution in [0.4, 0.5) is 4.39 Å². The van der Waals surface area contributed by atoms with Gasteiger partial charge in [-0.2, -0.15) is 0 Å². The number of nitrogens with zero attached hydrogens (tertiary/aromatic N) is 2. The Morgan fingerprint density at radius 2 is 1.72 bits per heavy atom. The van der Waals surface area contributed by atoms with Gasteiger partial charge in [-0.3, -0.25) is 9.89 Å². The largest absolute Gasteiger partial charge is 0.355 e. The van der Waals surface area contributed by atoms with E-state index in [1.807, 2.05) is 6.07 Å². The summed E-state index contributed by atoms with van der Waals surface area (Å²) in [6.07, 6.45) is 0. The quantitative estimate of drug-likeness (QED) is 0.600. The predicted octanol–water partition coefficient (Wildman–Crippen LogP) is 3.01. The number of halogens is 1. The lowest BCUT2D eigenvalue weighted by atomic mass is 10.2. The molecule has 2 N–H and O–H groups in total. The molecule has 2 aromatic carbocycles. The van der Waals surface area contributed by atoms with Crippen LogP contribution in [0.3, 0.4) is 0 Å². The van der Waals surface area contributed by atoms with Gasteiger partial charge in [-0.25, -0.2) is 4.39 Å². The minimum absolute atomic E-state index is 0.221. The number of hydrogen-bond donors (Lipinski definition) is 2. The van der Waals surface area contributed by atoms with Crippen molar-refractivity contribution in [2.45, 2.75) is 26.1 Å². The molecular weight excluding hydrogens is 315 g/mol. The number of rotatable bonds is 7. The van der Waals surface area contributed by atoms with Crippen LogP contribution in [0.25, 0.3) is 0 Å². The van der Waals surface area contributed by atoms with Gasteiger partial charge in [0.25, 0.3) is 0 Å². The van der Waals surface area contributed by atoms with Crippen molar-refractivity contribution in [3.05, 3.63) is 71.5 Å². The predicted molar refractivity (Wildman–Crippen MR) is 102 cm³/mol. The van der Waals surface area contributed by atoms with Gasteiger partial charge in [-0.15, -0.1) is 0 Å². The van der Waals surface area contributed by atoms with Gasteiger partial charge in [-0.1, -0.05) is 42.5 Å². The van der Waals surface area contributed by atoms with Gasteiger partial charge in [0.1, 0.15) is 5.82 Å². The zero-order valence-electron chi connectivity index (χ0n) is 15.2. The fourth-order valence-electron chi connectivity index (χ4n) is 2.44. The summed E-state index contributed by atoms with van der Waals surface area (Å²) in [5, 5.41) is 6.59. The first-order valence-electron chi connectivity index (χ1n) is 8.51. The highest BCUT2D eigenvalue weighted by Crippen LogP contribution is 2.05. The lowest BCUT2D eigenvalue weighted by Gasteiger charge is -2.25. The standard InChI is InChI=1S/C20H27FN4/c1-16(25(3)15-18-7-5-4-6-8-18)13-23-20(22-2)24-14-17-9-11-19(21)12-10-17/h4-12,16H,13-15H2,1-3H3,(H2,22,23,24). The second kappa shape index (κ2) is 9.79. The Labute approximate surface area is 149 Å². The summed E-state index contributed by atoms with van der Waals surface area (Å²) in [4.78, 5) is 6.54. The van der Waals surface area contributed by atoms with Crippen LogP contribution in [0.2, 0.25) is 0 Å². The molecule has 0 fully saturated rings. The first-order valence-corrected chi connectivity index (χ1v) is 8.51. The Balaban J connectivity index is 1.76. The summed E-state index contributed by atoms with van der Waals surface area (Å²) in [6, 6.07) is 17.3. The molecule has 1 unspecified atom stereocenters. The van der Waals surface area contributed by atoms with Crippen molar-refractivity contribution >= 4 is 5.96 Å². The Morgan fingerprint density at radius 3 is 2.36 bits per heavy atom. The molecule has 25 heavy (non-hydrogen) atoms. The highest BCUT2D eigenvalue weighted by molar-refractivity contribution is 5.79. The third-order valence-corrected chi connectivity index (χ3v) is 4.19. The highest BCUT2D eigenvalue weighted by Gasteiger charge is 2.10. The molecule has 0 saturated heterocycles. The molecule has 0 aromatic heterocycles. The molecule has 5 heteroatoms. The van der Waals surface area contributed by atoms with Crippen LogP contribution in [0.1, 0.15) is 18.1 Å². The maximum atomic E-state index is 12.9. The topological polar surface area (TPSA) is 39.7 Å². The van der Waals surface area contributed by atoms with Gasteiger partial charge >= 0.3 is 0 Å². The number of guanidine groups is 1. The van der Waals surface area contributed by atoms with Crippen molar-refractivity contribution in [2.24, 2.45) is 4.99 Å². The van der Waals surface area contributed by atoms with E-state index in [1.165, 1.54) is 17.7 Å². The molecule has 0 aliphatic heterocycles. The summed E-state index contributed by atoms with van der Waals surface area (Å²) < 4.78 is 12.9. The van der Waals surface area contributed by atoms with Crippen molar-refractivity contribution in [1.82, 2.24) is 15.5 Å². The number of hydrogen-bond acceptors (Lipinski definition) is 2. The van der Waals surface area contributed by atoms with E-state index >= 15 is 0 Å². The van der Waals surface area contributed by atoms with E-state index < -0.39 is 0 Å². The molecule has 0 aliphatic carbocycles. The van der Waals surface area contributed by atoms with E-state index in [0.29, 0.717) is 12.6 Å². The van der Waals surface area contributed by atoms with Gasteiger partial charge in [-0.05, 0) is 37.2 Å². The summed E-state index contributed by atoms with van der Waals surface area (Å²) in [5.41, 5.74) is 2.31. The summed E-state index contributed by atoms with van der Waals surface area (Å²) in [7, 11) is 3.87. The maximum Gasteiger partial charge on any atom is 0.191 e. The van der Waals surface area contributed by atoms with Gasteiger partial charge in [0, 0.05) is 32.7 Å². The first-order chi connectivity index (χ1) is 12.1. The number of aliphatic imine (C=N–C) groups is 1. The zero-order valence-corrected chi connectivity index (χ0v) is 15.2. The molecule has 0 heterocycles. The average molecular weight is 342 g/mol.